The summed E-state index contributed by atoms with van der Waals surface area (Å²) < 4.78 is 162. The molecule has 1 aliphatic rings. The average molecular weight is 344 g/mol. The number of allylic oxidation sites excluding steroid dienone is 2. The summed E-state index contributed by atoms with van der Waals surface area (Å²) >= 11 is 0. The zero-order chi connectivity index (χ0) is 17.3. The Labute approximate surface area is 106 Å². The molecule has 0 spiro atoms. The molecule has 0 aromatic heterocycles. The quantitative estimate of drug-likeness (QED) is 0.538. The number of alkyl halides is 12. The zero-order valence-corrected chi connectivity index (χ0v) is 8.99. The van der Waals surface area contributed by atoms with E-state index in [0.29, 0.717) is 0 Å². The number of halogens is 13. The molecule has 0 fully saturated rings. The highest BCUT2D eigenvalue weighted by Gasteiger charge is 2.98. The third-order valence-electron chi connectivity index (χ3n) is 3.04. The van der Waals surface area contributed by atoms with E-state index in [1.807, 2.05) is 0 Å². The van der Waals surface area contributed by atoms with Gasteiger partial charge in [0.15, 0.2) is 0 Å². The normalized spacial score (nSPS) is 22.6. The fraction of sp³-hybridized carbons (Fsp3) is 0.750. The van der Waals surface area contributed by atoms with Gasteiger partial charge in [0.05, 0.1) is 0 Å². The Kier molecular flexibility index (Phi) is 3.38. The second-order valence-electron chi connectivity index (χ2n) is 4.04. The van der Waals surface area contributed by atoms with Crippen LogP contribution in [0.25, 0.3) is 0 Å². The minimum absolute atomic E-state index is 1.74. The second kappa shape index (κ2) is 3.97. The summed E-state index contributed by atoms with van der Waals surface area (Å²) in [5.74, 6) is -3.60. The first kappa shape index (κ1) is 17.9. The first-order chi connectivity index (χ1) is 8.88. The summed E-state index contributed by atoms with van der Waals surface area (Å²) in [5.41, 5.74) is -13.2. The van der Waals surface area contributed by atoms with E-state index in [4.69, 9.17) is 0 Å². The van der Waals surface area contributed by atoms with Crippen molar-refractivity contribution in [2.45, 2.75) is 24.7 Å². The van der Waals surface area contributed by atoms with Gasteiger partial charge in [0.25, 0.3) is 0 Å². The van der Waals surface area contributed by atoms with E-state index in [0.717, 1.165) is 0 Å². The van der Waals surface area contributed by atoms with Crippen LogP contribution in [0.3, 0.4) is 0 Å². The van der Waals surface area contributed by atoms with E-state index < -0.39 is 47.4 Å². The maximum atomic E-state index is 12.8. The molecule has 0 aliphatic heterocycles. The fourth-order valence-electron chi connectivity index (χ4n) is 2.15. The van der Waals surface area contributed by atoms with E-state index in [1.54, 1.807) is 0 Å². The van der Waals surface area contributed by atoms with Crippen molar-refractivity contribution in [3.05, 3.63) is 11.9 Å². The van der Waals surface area contributed by atoms with E-state index in [2.05, 4.69) is 0 Å². The van der Waals surface area contributed by atoms with Gasteiger partial charge in [-0.25, -0.2) is 4.39 Å². The predicted octanol–water partition coefficient (Wildman–Crippen LogP) is 5.08. The average Bonchev–Trinajstić information content (AvgIpc) is 2.03. The lowest BCUT2D eigenvalue weighted by Gasteiger charge is -2.55. The van der Waals surface area contributed by atoms with Crippen LogP contribution in [0.4, 0.5) is 57.1 Å². The summed E-state index contributed by atoms with van der Waals surface area (Å²) in [5, 5.41) is 0. The smallest absolute Gasteiger partial charge is 0.211 e. The molecule has 0 heterocycles. The molecule has 1 rings (SSSR count). The van der Waals surface area contributed by atoms with Crippen LogP contribution >= 0.6 is 0 Å². The topological polar surface area (TPSA) is 0 Å². The summed E-state index contributed by atoms with van der Waals surface area (Å²) in [6, 6.07) is 0. The van der Waals surface area contributed by atoms with Gasteiger partial charge in [0.1, 0.15) is 5.83 Å². The van der Waals surface area contributed by atoms with Gasteiger partial charge in [0, 0.05) is 0 Å². The van der Waals surface area contributed by atoms with Gasteiger partial charge in [-0.05, 0) is 6.08 Å². The van der Waals surface area contributed by atoms with Crippen molar-refractivity contribution in [2.24, 2.45) is 10.8 Å². The standard InChI is InChI=1S/C8HF13/c9-2-1-3(5(10,11)12,6(13,14)15)4(2,7(16,17)18)8(19,20)21/h1H. The van der Waals surface area contributed by atoms with Crippen molar-refractivity contribution in [2.75, 3.05) is 0 Å². The number of hydrogen-bond donors (Lipinski definition) is 0. The minimum atomic E-state index is -7.21. The fourth-order valence-corrected chi connectivity index (χ4v) is 2.15. The molecule has 0 atom stereocenters. The number of rotatable bonds is 0. The monoisotopic (exact) mass is 344 g/mol. The van der Waals surface area contributed by atoms with Crippen LogP contribution < -0.4 is 0 Å². The summed E-state index contributed by atoms with van der Waals surface area (Å²) in [6.45, 7) is 0. The van der Waals surface area contributed by atoms with Gasteiger partial charge in [-0.3, -0.25) is 0 Å². The largest absolute Gasteiger partial charge is 0.411 e. The molecule has 0 nitrogen and oxygen atoms in total. The Balaban J connectivity index is 3.94. The molecule has 124 valence electrons. The molecule has 0 bridgehead atoms. The molecule has 0 amide bonds. The highest BCUT2D eigenvalue weighted by molar-refractivity contribution is 5.41. The van der Waals surface area contributed by atoms with Gasteiger partial charge >= 0.3 is 24.7 Å². The van der Waals surface area contributed by atoms with E-state index in [1.165, 1.54) is 0 Å². The third kappa shape index (κ3) is 1.77. The lowest BCUT2D eigenvalue weighted by molar-refractivity contribution is -0.462. The van der Waals surface area contributed by atoms with Crippen molar-refractivity contribution in [3.63, 3.8) is 0 Å². The zero-order valence-electron chi connectivity index (χ0n) is 8.99. The van der Waals surface area contributed by atoms with Gasteiger partial charge in [-0.2, -0.15) is 52.7 Å². The van der Waals surface area contributed by atoms with Crippen molar-refractivity contribution >= 4 is 0 Å². The molecule has 0 aromatic rings. The lowest BCUT2D eigenvalue weighted by atomic mass is 9.52. The van der Waals surface area contributed by atoms with Gasteiger partial charge in [-0.1, -0.05) is 0 Å². The Morgan fingerprint density at radius 1 is 0.571 bits per heavy atom. The molecule has 13 heteroatoms. The van der Waals surface area contributed by atoms with Crippen molar-refractivity contribution < 1.29 is 57.1 Å². The molecule has 1 aliphatic carbocycles. The molecule has 21 heavy (non-hydrogen) atoms. The molecule has 0 unspecified atom stereocenters. The second-order valence-corrected chi connectivity index (χ2v) is 4.04. The predicted molar refractivity (Wildman–Crippen MR) is 38.3 cm³/mol. The van der Waals surface area contributed by atoms with Gasteiger partial charge in [0.2, 0.25) is 10.8 Å². The highest BCUT2D eigenvalue weighted by atomic mass is 19.4. The SMILES string of the molecule is FC1=CC(C(F)(F)F)(C(F)(F)F)C1(C(F)(F)F)C(F)(F)F. The van der Waals surface area contributed by atoms with Crippen LogP contribution in [0.1, 0.15) is 0 Å². The molecule has 0 aromatic carbocycles. The summed E-state index contributed by atoms with van der Waals surface area (Å²) in [6.07, 6.45) is -30.3. The van der Waals surface area contributed by atoms with Crippen LogP contribution in [-0.4, -0.2) is 24.7 Å². The Hall–Kier alpha value is -1.17. The molecule has 0 saturated heterocycles. The van der Waals surface area contributed by atoms with Crippen molar-refractivity contribution in [1.82, 2.24) is 0 Å². The Morgan fingerprint density at radius 3 is 0.952 bits per heavy atom. The van der Waals surface area contributed by atoms with Crippen LogP contribution in [0, 0.1) is 10.8 Å². The maximum absolute atomic E-state index is 12.8. The maximum Gasteiger partial charge on any atom is 0.411 e. The van der Waals surface area contributed by atoms with E-state index in [9.17, 15) is 57.1 Å². The van der Waals surface area contributed by atoms with Crippen LogP contribution in [0.2, 0.25) is 0 Å². The molecule has 0 radical (unpaired) electrons. The first-order valence-electron chi connectivity index (χ1n) is 4.53. The minimum Gasteiger partial charge on any atom is -0.211 e. The lowest BCUT2D eigenvalue weighted by Crippen LogP contribution is -2.75. The molecule has 0 N–H and O–H groups in total. The number of hydrogen-bond acceptors (Lipinski definition) is 0. The molecule has 0 saturated carbocycles. The summed E-state index contributed by atoms with van der Waals surface area (Å²) in [4.78, 5) is 0. The van der Waals surface area contributed by atoms with Crippen LogP contribution in [-0.2, 0) is 0 Å². The van der Waals surface area contributed by atoms with Crippen LogP contribution in [0.15, 0.2) is 11.9 Å². The van der Waals surface area contributed by atoms with Crippen LogP contribution in [0.5, 0.6) is 0 Å². The summed E-state index contributed by atoms with van der Waals surface area (Å²) in [7, 11) is 0. The third-order valence-corrected chi connectivity index (χ3v) is 3.04. The van der Waals surface area contributed by atoms with E-state index in [-0.39, 0.29) is 0 Å². The Bertz CT molecular complexity index is 425. The van der Waals surface area contributed by atoms with Crippen molar-refractivity contribution in [1.29, 1.82) is 0 Å². The Morgan fingerprint density at radius 2 is 0.857 bits per heavy atom. The highest BCUT2D eigenvalue weighted by Crippen LogP contribution is 2.78. The van der Waals surface area contributed by atoms with Gasteiger partial charge in [-0.15, -0.1) is 0 Å². The molecular formula is C8HF13. The first-order valence-corrected chi connectivity index (χ1v) is 4.53. The molecular weight excluding hydrogens is 343 g/mol. The van der Waals surface area contributed by atoms with Gasteiger partial charge < -0.3 is 0 Å². The van der Waals surface area contributed by atoms with Crippen molar-refractivity contribution in [3.8, 4) is 0 Å². The van der Waals surface area contributed by atoms with E-state index >= 15 is 0 Å².